The van der Waals surface area contributed by atoms with Gasteiger partial charge in [0.05, 0.1) is 15.5 Å². The number of nitrogens with zero attached hydrogens (tertiary/aromatic N) is 2. The van der Waals surface area contributed by atoms with E-state index in [-0.39, 0.29) is 15.6 Å². The minimum Gasteiger partial charge on any atom is -0.322 e. The van der Waals surface area contributed by atoms with E-state index in [1.807, 2.05) is 0 Å². The minimum absolute atomic E-state index is 0.0122. The number of anilines is 3. The minimum atomic E-state index is -3.83. The van der Waals surface area contributed by atoms with Gasteiger partial charge in [0, 0.05) is 24.5 Å². The highest BCUT2D eigenvalue weighted by atomic mass is 32.2. The second-order valence-electron chi connectivity index (χ2n) is 7.63. The zero-order valence-electron chi connectivity index (χ0n) is 19.1. The van der Waals surface area contributed by atoms with Crippen molar-refractivity contribution in [2.45, 2.75) is 9.79 Å². The summed E-state index contributed by atoms with van der Waals surface area (Å²) in [7, 11) is -6.13. The predicted octanol–water partition coefficient (Wildman–Crippen LogP) is 3.96. The van der Waals surface area contributed by atoms with Crippen molar-refractivity contribution in [3.8, 4) is 0 Å². The number of aromatic nitrogens is 1. The van der Waals surface area contributed by atoms with Crippen molar-refractivity contribution < 1.29 is 21.6 Å². The predicted molar refractivity (Wildman–Crippen MR) is 138 cm³/mol. The van der Waals surface area contributed by atoms with Crippen LogP contribution in [0.15, 0.2) is 113 Å². The number of carbonyl (C=O) groups excluding carboxylic acids is 1. The molecule has 1 heterocycles. The molecule has 0 saturated carbocycles. The van der Waals surface area contributed by atoms with Gasteiger partial charge in [0.1, 0.15) is 5.82 Å². The monoisotopic (exact) mass is 522 g/mol. The molecule has 0 aliphatic heterocycles. The largest absolute Gasteiger partial charge is 0.322 e. The van der Waals surface area contributed by atoms with Crippen LogP contribution in [0.25, 0.3) is 0 Å². The van der Waals surface area contributed by atoms with Gasteiger partial charge in [-0.2, -0.15) is 0 Å². The zero-order chi connectivity index (χ0) is 25.8. The van der Waals surface area contributed by atoms with Crippen molar-refractivity contribution >= 4 is 43.1 Å². The zero-order valence-corrected chi connectivity index (χ0v) is 20.7. The lowest BCUT2D eigenvalue weighted by atomic mass is 10.2. The van der Waals surface area contributed by atoms with Gasteiger partial charge in [-0.15, -0.1) is 0 Å². The number of nitrogens with one attached hydrogen (secondary N) is 2. The second-order valence-corrected chi connectivity index (χ2v) is 11.3. The molecule has 36 heavy (non-hydrogen) atoms. The van der Waals surface area contributed by atoms with Gasteiger partial charge in [0.25, 0.3) is 26.0 Å². The number of carbonyl (C=O) groups is 1. The van der Waals surface area contributed by atoms with Gasteiger partial charge in [-0.3, -0.25) is 13.8 Å². The summed E-state index contributed by atoms with van der Waals surface area (Å²) in [4.78, 5) is 16.8. The molecule has 0 fully saturated rings. The van der Waals surface area contributed by atoms with Gasteiger partial charge in [0.15, 0.2) is 0 Å². The molecule has 3 aromatic carbocycles. The van der Waals surface area contributed by atoms with E-state index in [1.165, 1.54) is 80.0 Å². The summed E-state index contributed by atoms with van der Waals surface area (Å²) in [5, 5.41) is 2.69. The first-order valence-electron chi connectivity index (χ1n) is 10.7. The molecule has 2 N–H and O–H groups in total. The Balaban J connectivity index is 1.43. The van der Waals surface area contributed by atoms with Gasteiger partial charge in [-0.25, -0.2) is 21.8 Å². The number of rotatable bonds is 8. The highest BCUT2D eigenvalue weighted by Crippen LogP contribution is 2.23. The Morgan fingerprint density at radius 3 is 2.00 bits per heavy atom. The summed E-state index contributed by atoms with van der Waals surface area (Å²) in [5.74, 6) is -0.238. The molecule has 1 amide bonds. The van der Waals surface area contributed by atoms with E-state index >= 15 is 0 Å². The second kappa shape index (κ2) is 10.2. The topological polar surface area (TPSA) is 126 Å². The molecular weight excluding hydrogens is 500 g/mol. The van der Waals surface area contributed by atoms with Crippen LogP contribution in [0.1, 0.15) is 10.4 Å². The highest BCUT2D eigenvalue weighted by Gasteiger charge is 2.21. The molecule has 4 aromatic rings. The van der Waals surface area contributed by atoms with E-state index in [1.54, 1.807) is 30.3 Å². The van der Waals surface area contributed by atoms with Crippen LogP contribution in [0.2, 0.25) is 0 Å². The number of sulfonamides is 2. The summed E-state index contributed by atoms with van der Waals surface area (Å²) in [5.41, 5.74) is 1.09. The van der Waals surface area contributed by atoms with E-state index < -0.39 is 26.0 Å². The van der Waals surface area contributed by atoms with Crippen LogP contribution in [0.4, 0.5) is 17.2 Å². The molecule has 11 heteroatoms. The van der Waals surface area contributed by atoms with Gasteiger partial charge >= 0.3 is 0 Å². The summed E-state index contributed by atoms with van der Waals surface area (Å²) in [6.45, 7) is 0. The lowest BCUT2D eigenvalue weighted by Crippen LogP contribution is -2.26. The standard InChI is InChI=1S/C25H22N4O5S2/c1-29(36(33,34)23-7-3-2-4-8-23)21-14-10-19(11-15-21)25(30)27-20-12-16-22(17-13-20)35(31,32)28-24-9-5-6-18-26-24/h2-18H,1H3,(H,26,28)(H,27,30). The van der Waals surface area contributed by atoms with Crippen LogP contribution >= 0.6 is 0 Å². The van der Waals surface area contributed by atoms with Crippen LogP contribution in [-0.2, 0) is 20.0 Å². The molecule has 0 atom stereocenters. The maximum atomic E-state index is 12.8. The molecule has 4 rings (SSSR count). The van der Waals surface area contributed by atoms with Gasteiger partial charge < -0.3 is 5.32 Å². The van der Waals surface area contributed by atoms with E-state index in [0.717, 1.165) is 4.31 Å². The molecule has 0 unspecified atom stereocenters. The molecule has 0 radical (unpaired) electrons. The molecule has 0 saturated heterocycles. The SMILES string of the molecule is CN(c1ccc(C(=O)Nc2ccc(S(=O)(=O)Nc3ccccn3)cc2)cc1)S(=O)(=O)c1ccccc1. The number of hydrogen-bond acceptors (Lipinski definition) is 6. The number of pyridine rings is 1. The summed E-state index contributed by atoms with van der Waals surface area (Å²) in [6.07, 6.45) is 1.48. The van der Waals surface area contributed by atoms with Crippen LogP contribution in [-0.4, -0.2) is 34.8 Å². The molecule has 0 spiro atoms. The fourth-order valence-electron chi connectivity index (χ4n) is 3.25. The van der Waals surface area contributed by atoms with Crippen LogP contribution in [0.5, 0.6) is 0 Å². The van der Waals surface area contributed by atoms with Gasteiger partial charge in [-0.1, -0.05) is 24.3 Å². The third-order valence-electron chi connectivity index (χ3n) is 5.22. The van der Waals surface area contributed by atoms with Crippen molar-refractivity contribution in [2.75, 3.05) is 21.4 Å². The van der Waals surface area contributed by atoms with Crippen molar-refractivity contribution in [3.63, 3.8) is 0 Å². The molecular formula is C25H22N4O5S2. The Hall–Kier alpha value is -4.22. The first-order chi connectivity index (χ1) is 17.2. The summed E-state index contributed by atoms with van der Waals surface area (Å²) >= 11 is 0. The number of hydrogen-bond donors (Lipinski definition) is 2. The quantitative estimate of drug-likeness (QED) is 0.361. The summed E-state index contributed by atoms with van der Waals surface area (Å²) in [6, 6.07) is 24.7. The lowest BCUT2D eigenvalue weighted by Gasteiger charge is -2.19. The molecule has 0 aliphatic carbocycles. The van der Waals surface area contributed by atoms with Crippen LogP contribution < -0.4 is 14.3 Å². The fourth-order valence-corrected chi connectivity index (χ4v) is 5.48. The Kier molecular flexibility index (Phi) is 7.04. The highest BCUT2D eigenvalue weighted by molar-refractivity contribution is 7.93. The normalized spacial score (nSPS) is 11.5. The van der Waals surface area contributed by atoms with Crippen LogP contribution in [0.3, 0.4) is 0 Å². The fraction of sp³-hybridized carbons (Fsp3) is 0.0400. The molecule has 0 bridgehead atoms. The average Bonchev–Trinajstić information content (AvgIpc) is 2.89. The number of amides is 1. The summed E-state index contributed by atoms with van der Waals surface area (Å²) < 4.78 is 54.1. The first kappa shape index (κ1) is 24.9. The third kappa shape index (κ3) is 5.53. The third-order valence-corrected chi connectivity index (χ3v) is 8.39. The maximum Gasteiger partial charge on any atom is 0.264 e. The molecule has 184 valence electrons. The Morgan fingerprint density at radius 1 is 0.750 bits per heavy atom. The Labute approximate surface area is 209 Å². The van der Waals surface area contributed by atoms with Crippen molar-refractivity contribution in [1.82, 2.24) is 4.98 Å². The van der Waals surface area contributed by atoms with E-state index in [9.17, 15) is 21.6 Å². The van der Waals surface area contributed by atoms with Gasteiger partial charge in [0.2, 0.25) is 0 Å². The van der Waals surface area contributed by atoms with Crippen molar-refractivity contribution in [2.24, 2.45) is 0 Å². The lowest BCUT2D eigenvalue weighted by molar-refractivity contribution is 0.102. The Morgan fingerprint density at radius 2 is 1.39 bits per heavy atom. The van der Waals surface area contributed by atoms with E-state index in [0.29, 0.717) is 16.9 Å². The maximum absolute atomic E-state index is 12.8. The van der Waals surface area contributed by atoms with E-state index in [2.05, 4.69) is 15.0 Å². The first-order valence-corrected chi connectivity index (χ1v) is 13.6. The average molecular weight is 523 g/mol. The van der Waals surface area contributed by atoms with Crippen molar-refractivity contribution in [3.05, 3.63) is 109 Å². The van der Waals surface area contributed by atoms with E-state index in [4.69, 9.17) is 0 Å². The Bertz CT molecular complexity index is 1560. The molecule has 1 aromatic heterocycles. The van der Waals surface area contributed by atoms with Crippen LogP contribution in [0, 0.1) is 0 Å². The molecule has 9 nitrogen and oxygen atoms in total. The van der Waals surface area contributed by atoms with Crippen molar-refractivity contribution in [1.29, 1.82) is 0 Å². The molecule has 0 aliphatic rings. The smallest absolute Gasteiger partial charge is 0.264 e. The number of benzene rings is 3. The van der Waals surface area contributed by atoms with Gasteiger partial charge in [-0.05, 0) is 72.8 Å².